The van der Waals surface area contributed by atoms with Crippen molar-refractivity contribution in [2.24, 2.45) is 0 Å². The van der Waals surface area contributed by atoms with Gasteiger partial charge in [-0.25, -0.2) is 9.78 Å². The van der Waals surface area contributed by atoms with Crippen LogP contribution in [0, 0.1) is 0 Å². The summed E-state index contributed by atoms with van der Waals surface area (Å²) in [4.78, 5) is 59.3. The number of aliphatic carboxylic acids is 1. The third-order valence-electron chi connectivity index (χ3n) is 7.10. The van der Waals surface area contributed by atoms with Gasteiger partial charge >= 0.3 is 12.1 Å². The molecule has 1 aliphatic heterocycles. The van der Waals surface area contributed by atoms with Gasteiger partial charge in [0.2, 0.25) is 5.78 Å². The average Bonchev–Trinajstić information content (AvgIpc) is 3.38. The summed E-state index contributed by atoms with van der Waals surface area (Å²) < 4.78 is 8.99. The van der Waals surface area contributed by atoms with Crippen LogP contribution in [0.15, 0.2) is 41.3 Å². The molecule has 3 heterocycles. The third-order valence-corrected chi connectivity index (χ3v) is 7.36. The van der Waals surface area contributed by atoms with E-state index in [1.165, 1.54) is 15.4 Å². The minimum Gasteiger partial charge on any atom is -0.481 e. The van der Waals surface area contributed by atoms with Crippen molar-refractivity contribution in [1.82, 2.24) is 18.9 Å². The van der Waals surface area contributed by atoms with E-state index >= 15 is 0 Å². The number of fused-ring (bicyclic) bond motifs is 1. The lowest BCUT2D eigenvalue weighted by Crippen LogP contribution is -2.59. The predicted molar refractivity (Wildman–Crippen MR) is 160 cm³/mol. The number of nitrogens with zero attached hydrogens (tertiary/aromatic N) is 5. The quantitative estimate of drug-likeness (QED) is 0.327. The van der Waals surface area contributed by atoms with Crippen LogP contribution in [0.3, 0.4) is 0 Å². The Hall–Kier alpha value is -3.86. The van der Waals surface area contributed by atoms with Gasteiger partial charge in [-0.2, -0.15) is 0 Å². The molecule has 0 radical (unpaired) electrons. The summed E-state index contributed by atoms with van der Waals surface area (Å²) in [5.41, 5.74) is 0.376. The van der Waals surface area contributed by atoms with E-state index in [1.807, 2.05) is 21.6 Å². The van der Waals surface area contributed by atoms with Crippen LogP contribution >= 0.6 is 11.6 Å². The average molecular weight is 600 g/mol. The number of halogens is 1. The normalized spacial score (nSPS) is 15.7. The van der Waals surface area contributed by atoms with Gasteiger partial charge in [-0.05, 0) is 39.3 Å². The Bertz CT molecular complexity index is 1510. The largest absolute Gasteiger partial charge is 0.481 e. The SMILES string of the molecule is CCCCCn1c(N2CCN(C(=O)OC(C)(C)C)C[C@H]2C(=O)CCC(=O)O)cc(=O)n2cc(-c3ccc(Cl)cc3)nc12. The molecule has 1 fully saturated rings. The molecule has 3 aromatic rings. The summed E-state index contributed by atoms with van der Waals surface area (Å²) in [7, 11) is 0. The summed E-state index contributed by atoms with van der Waals surface area (Å²) in [6.07, 6.45) is 3.37. The summed E-state index contributed by atoms with van der Waals surface area (Å²) in [5, 5.41) is 9.82. The Kier molecular flexibility index (Phi) is 9.60. The number of amides is 1. The molecule has 42 heavy (non-hydrogen) atoms. The van der Waals surface area contributed by atoms with Crippen molar-refractivity contribution in [1.29, 1.82) is 0 Å². The lowest BCUT2D eigenvalue weighted by atomic mass is 10.0. The number of ether oxygens (including phenoxy) is 1. The molecule has 0 aliphatic carbocycles. The number of anilines is 1. The predicted octanol–water partition coefficient (Wildman–Crippen LogP) is 4.87. The van der Waals surface area contributed by atoms with Crippen molar-refractivity contribution < 1.29 is 24.2 Å². The number of aryl methyl sites for hydroxylation is 1. The number of aromatic nitrogens is 3. The highest BCUT2D eigenvalue weighted by atomic mass is 35.5. The zero-order valence-corrected chi connectivity index (χ0v) is 25.3. The maximum atomic E-state index is 13.5. The number of Topliss-reactive ketones (excluding diaryl/α,β-unsaturated/α-hetero) is 1. The van der Waals surface area contributed by atoms with Crippen molar-refractivity contribution in [2.75, 3.05) is 24.5 Å². The zero-order chi connectivity index (χ0) is 30.6. The second kappa shape index (κ2) is 13.0. The number of carboxylic acids is 1. The van der Waals surface area contributed by atoms with E-state index in [0.717, 1.165) is 24.8 Å². The first kappa shape index (κ1) is 31.1. The van der Waals surface area contributed by atoms with Crippen molar-refractivity contribution in [3.63, 3.8) is 0 Å². The van der Waals surface area contributed by atoms with Gasteiger partial charge in [-0.3, -0.25) is 23.4 Å². The Balaban J connectivity index is 1.79. The molecule has 1 atom stereocenters. The number of carboxylic acid groups (broad SMARTS) is 1. The second-order valence-corrected chi connectivity index (χ2v) is 11.9. The lowest BCUT2D eigenvalue weighted by molar-refractivity contribution is -0.138. The summed E-state index contributed by atoms with van der Waals surface area (Å²) in [6, 6.07) is 7.82. The van der Waals surface area contributed by atoms with E-state index < -0.39 is 23.7 Å². The molecule has 12 heteroatoms. The van der Waals surface area contributed by atoms with Crippen molar-refractivity contribution >= 4 is 41.0 Å². The minimum absolute atomic E-state index is 0.00611. The molecule has 0 bridgehead atoms. The first-order chi connectivity index (χ1) is 19.9. The molecule has 11 nitrogen and oxygen atoms in total. The number of ketones is 1. The number of rotatable bonds is 10. The molecule has 0 unspecified atom stereocenters. The standard InChI is InChI=1S/C30H38ClN5O6/c1-5-6-7-14-35-25(17-26(38)36-18-22(32-28(35)36)20-8-10-21(31)11-9-20)34-16-15-33(29(41)42-30(2,3)4)19-23(34)24(37)12-13-27(39)40/h8-11,17-18,23H,5-7,12-16,19H2,1-4H3,(H,39,40)/t23-/m0/s1. The van der Waals surface area contributed by atoms with Crippen LogP contribution in [-0.4, -0.2) is 73.1 Å². The number of hydrogen-bond donors (Lipinski definition) is 1. The molecule has 1 aromatic carbocycles. The molecule has 1 amide bonds. The van der Waals surface area contributed by atoms with Gasteiger partial charge < -0.3 is 19.6 Å². The van der Waals surface area contributed by atoms with Crippen molar-refractivity contribution in [2.45, 2.75) is 78.0 Å². The zero-order valence-electron chi connectivity index (χ0n) is 24.5. The first-order valence-corrected chi connectivity index (χ1v) is 14.6. The molecule has 226 valence electrons. The fourth-order valence-corrected chi connectivity index (χ4v) is 5.16. The smallest absolute Gasteiger partial charge is 0.410 e. The highest BCUT2D eigenvalue weighted by Crippen LogP contribution is 2.27. The van der Waals surface area contributed by atoms with Crippen LogP contribution in [0.4, 0.5) is 10.6 Å². The highest BCUT2D eigenvalue weighted by Gasteiger charge is 2.37. The molecule has 1 N–H and O–H groups in total. The van der Waals surface area contributed by atoms with Crippen LogP contribution in [0.25, 0.3) is 17.0 Å². The number of imidazole rings is 1. The first-order valence-electron chi connectivity index (χ1n) is 14.3. The number of carbonyl (C=O) groups excluding carboxylic acids is 2. The minimum atomic E-state index is -1.08. The van der Waals surface area contributed by atoms with E-state index in [2.05, 4.69) is 6.92 Å². The van der Waals surface area contributed by atoms with Gasteiger partial charge in [0.15, 0.2) is 5.78 Å². The Morgan fingerprint density at radius 1 is 1.10 bits per heavy atom. The summed E-state index contributed by atoms with van der Waals surface area (Å²) in [5.74, 6) is -0.470. The Morgan fingerprint density at radius 2 is 1.81 bits per heavy atom. The van der Waals surface area contributed by atoms with Crippen LogP contribution in [0.5, 0.6) is 0 Å². The number of benzene rings is 1. The van der Waals surface area contributed by atoms with E-state index in [1.54, 1.807) is 39.1 Å². The summed E-state index contributed by atoms with van der Waals surface area (Å²) >= 11 is 6.07. The molecule has 4 rings (SSSR count). The maximum absolute atomic E-state index is 13.5. The fourth-order valence-electron chi connectivity index (χ4n) is 5.04. The van der Waals surface area contributed by atoms with Gasteiger partial charge in [0.05, 0.1) is 18.7 Å². The number of carbonyl (C=O) groups is 3. The fraction of sp³-hybridized carbons (Fsp3) is 0.500. The van der Waals surface area contributed by atoms with Gasteiger partial charge in [-0.15, -0.1) is 0 Å². The molecule has 0 spiro atoms. The number of hydrogen-bond acceptors (Lipinski definition) is 7. The monoisotopic (exact) mass is 599 g/mol. The number of unbranched alkanes of at least 4 members (excludes halogenated alkanes) is 2. The van der Waals surface area contributed by atoms with Crippen LogP contribution in [0.2, 0.25) is 5.02 Å². The van der Waals surface area contributed by atoms with E-state index in [9.17, 15) is 24.3 Å². The highest BCUT2D eigenvalue weighted by molar-refractivity contribution is 6.30. The Morgan fingerprint density at radius 3 is 2.45 bits per heavy atom. The van der Waals surface area contributed by atoms with E-state index in [0.29, 0.717) is 28.9 Å². The molecule has 1 saturated heterocycles. The van der Waals surface area contributed by atoms with E-state index in [-0.39, 0.29) is 43.8 Å². The second-order valence-electron chi connectivity index (χ2n) is 11.5. The summed E-state index contributed by atoms with van der Waals surface area (Å²) in [6.45, 7) is 8.46. The van der Waals surface area contributed by atoms with Gasteiger partial charge in [0.25, 0.3) is 5.56 Å². The van der Waals surface area contributed by atoms with Gasteiger partial charge in [-0.1, -0.05) is 43.5 Å². The van der Waals surface area contributed by atoms with E-state index in [4.69, 9.17) is 21.3 Å². The van der Waals surface area contributed by atoms with Gasteiger partial charge in [0.1, 0.15) is 17.5 Å². The molecular weight excluding hydrogens is 562 g/mol. The van der Waals surface area contributed by atoms with Gasteiger partial charge in [0, 0.05) is 48.9 Å². The molecule has 1 aliphatic rings. The molecule has 0 saturated carbocycles. The molecular formula is C30H38ClN5O6. The maximum Gasteiger partial charge on any atom is 0.410 e. The number of piperazine rings is 1. The molecule has 2 aromatic heterocycles. The van der Waals surface area contributed by atoms with Crippen LogP contribution < -0.4 is 10.5 Å². The lowest BCUT2D eigenvalue weighted by Gasteiger charge is -2.42. The van der Waals surface area contributed by atoms with Crippen molar-refractivity contribution in [3.8, 4) is 11.3 Å². The topological polar surface area (TPSA) is 126 Å². The third kappa shape index (κ3) is 7.31. The van der Waals surface area contributed by atoms with Crippen molar-refractivity contribution in [3.05, 3.63) is 51.9 Å². The van der Waals surface area contributed by atoms with Crippen LogP contribution in [0.1, 0.15) is 59.8 Å². The van der Waals surface area contributed by atoms with Crippen LogP contribution in [-0.2, 0) is 20.9 Å². The Labute approximate surface area is 249 Å².